The number of hydrogen-bond acceptors (Lipinski definition) is 5. The van der Waals surface area contributed by atoms with Gasteiger partial charge in [-0.05, 0) is 6.92 Å². The van der Waals surface area contributed by atoms with Gasteiger partial charge in [-0.2, -0.15) is 11.8 Å². The molecule has 4 nitrogen and oxygen atoms in total. The molecule has 1 unspecified atom stereocenters. The van der Waals surface area contributed by atoms with Gasteiger partial charge in [0.1, 0.15) is 0 Å². The summed E-state index contributed by atoms with van der Waals surface area (Å²) in [5.74, 6) is 3.15. The number of hydrogen-bond donors (Lipinski definition) is 1. The maximum atomic E-state index is 5.51. The van der Waals surface area contributed by atoms with E-state index in [0.29, 0.717) is 12.6 Å². The van der Waals surface area contributed by atoms with Gasteiger partial charge in [0.2, 0.25) is 5.95 Å². The van der Waals surface area contributed by atoms with Gasteiger partial charge in [-0.3, -0.25) is 0 Å². The van der Waals surface area contributed by atoms with Gasteiger partial charge in [-0.1, -0.05) is 0 Å². The minimum absolute atomic E-state index is 0.506. The smallest absolute Gasteiger partial charge is 0.225 e. The van der Waals surface area contributed by atoms with Crippen molar-refractivity contribution in [1.29, 1.82) is 0 Å². The summed E-state index contributed by atoms with van der Waals surface area (Å²) in [6.45, 7) is 3.76. The Morgan fingerprint density at radius 1 is 1.53 bits per heavy atom. The van der Waals surface area contributed by atoms with Gasteiger partial charge in [-0.25, -0.2) is 9.97 Å². The second-order valence-corrected chi connectivity index (χ2v) is 4.86. The quantitative estimate of drug-likeness (QED) is 0.808. The van der Waals surface area contributed by atoms with Crippen molar-refractivity contribution < 1.29 is 0 Å². The second kappa shape index (κ2) is 4.81. The summed E-state index contributed by atoms with van der Waals surface area (Å²) < 4.78 is 0. The van der Waals surface area contributed by atoms with Crippen molar-refractivity contribution in [2.24, 2.45) is 5.73 Å². The third-order valence-corrected chi connectivity index (χ3v) is 3.74. The van der Waals surface area contributed by atoms with E-state index in [9.17, 15) is 0 Å². The van der Waals surface area contributed by atoms with E-state index >= 15 is 0 Å². The molecule has 1 aliphatic rings. The number of rotatable bonds is 2. The highest BCUT2D eigenvalue weighted by molar-refractivity contribution is 7.99. The summed E-state index contributed by atoms with van der Waals surface area (Å²) in [6, 6.07) is 0.521. The summed E-state index contributed by atoms with van der Waals surface area (Å²) in [5.41, 5.74) is 6.49. The lowest BCUT2D eigenvalue weighted by Gasteiger charge is -2.32. The Bertz CT molecular complexity index is 314. The maximum Gasteiger partial charge on any atom is 0.225 e. The van der Waals surface area contributed by atoms with Gasteiger partial charge in [0.05, 0.1) is 0 Å². The fourth-order valence-corrected chi connectivity index (χ4v) is 2.64. The Kier molecular flexibility index (Phi) is 3.43. The number of anilines is 1. The minimum Gasteiger partial charge on any atom is -0.336 e. The molecule has 2 heterocycles. The molecule has 1 aliphatic heterocycles. The SMILES string of the molecule is CC1CSCCN1c1ncc(CN)cn1. The molecule has 1 atom stereocenters. The molecule has 0 spiro atoms. The summed E-state index contributed by atoms with van der Waals surface area (Å²) in [4.78, 5) is 11.0. The Hall–Kier alpha value is -0.810. The highest BCUT2D eigenvalue weighted by Gasteiger charge is 2.20. The minimum atomic E-state index is 0.506. The van der Waals surface area contributed by atoms with Crippen LogP contribution in [-0.4, -0.2) is 34.1 Å². The van der Waals surface area contributed by atoms with E-state index in [1.54, 1.807) is 0 Å². The van der Waals surface area contributed by atoms with E-state index in [4.69, 9.17) is 5.73 Å². The lowest BCUT2D eigenvalue weighted by atomic mass is 10.3. The average molecular weight is 224 g/mol. The van der Waals surface area contributed by atoms with Crippen LogP contribution < -0.4 is 10.6 Å². The Balaban J connectivity index is 2.13. The molecule has 0 bridgehead atoms. The van der Waals surface area contributed by atoms with Crippen LogP contribution in [0, 0.1) is 0 Å². The van der Waals surface area contributed by atoms with Gasteiger partial charge in [0.25, 0.3) is 0 Å². The zero-order valence-corrected chi connectivity index (χ0v) is 9.70. The molecule has 1 fully saturated rings. The van der Waals surface area contributed by atoms with E-state index in [2.05, 4.69) is 21.8 Å². The summed E-state index contributed by atoms with van der Waals surface area (Å²) in [6.07, 6.45) is 3.63. The number of nitrogens with zero attached hydrogens (tertiary/aromatic N) is 3. The van der Waals surface area contributed by atoms with E-state index in [0.717, 1.165) is 29.6 Å². The van der Waals surface area contributed by atoms with Crippen molar-refractivity contribution in [2.45, 2.75) is 19.5 Å². The Labute approximate surface area is 94.3 Å². The molecule has 1 aromatic rings. The Morgan fingerprint density at radius 2 is 2.27 bits per heavy atom. The number of aromatic nitrogens is 2. The van der Waals surface area contributed by atoms with E-state index < -0.39 is 0 Å². The molecule has 1 saturated heterocycles. The van der Waals surface area contributed by atoms with Crippen LogP contribution in [0.15, 0.2) is 12.4 Å². The van der Waals surface area contributed by atoms with Crippen molar-refractivity contribution in [3.05, 3.63) is 18.0 Å². The molecule has 15 heavy (non-hydrogen) atoms. The monoisotopic (exact) mass is 224 g/mol. The van der Waals surface area contributed by atoms with E-state index in [1.165, 1.54) is 0 Å². The van der Waals surface area contributed by atoms with Gasteiger partial charge < -0.3 is 10.6 Å². The van der Waals surface area contributed by atoms with Crippen LogP contribution in [0.3, 0.4) is 0 Å². The lowest BCUT2D eigenvalue weighted by Crippen LogP contribution is -2.41. The second-order valence-electron chi connectivity index (χ2n) is 3.71. The predicted octanol–water partition coefficient (Wildman–Crippen LogP) is 0.877. The van der Waals surface area contributed by atoms with Crippen molar-refractivity contribution in [2.75, 3.05) is 23.0 Å². The zero-order valence-electron chi connectivity index (χ0n) is 8.89. The average Bonchev–Trinajstić information content (AvgIpc) is 2.30. The van der Waals surface area contributed by atoms with Crippen LogP contribution in [0.25, 0.3) is 0 Å². The highest BCUT2D eigenvalue weighted by Crippen LogP contribution is 2.20. The molecule has 2 N–H and O–H groups in total. The molecule has 0 saturated carbocycles. The first-order valence-electron chi connectivity index (χ1n) is 5.16. The fraction of sp³-hybridized carbons (Fsp3) is 0.600. The molecule has 0 aromatic carbocycles. The molecule has 5 heteroatoms. The summed E-state index contributed by atoms with van der Waals surface area (Å²) in [7, 11) is 0. The predicted molar refractivity (Wildman–Crippen MR) is 64.1 cm³/mol. The molecule has 0 radical (unpaired) electrons. The third-order valence-electron chi connectivity index (χ3n) is 2.55. The van der Waals surface area contributed by atoms with Crippen LogP contribution in [0.2, 0.25) is 0 Å². The van der Waals surface area contributed by atoms with Crippen LogP contribution >= 0.6 is 11.8 Å². The van der Waals surface area contributed by atoms with Crippen LogP contribution in [-0.2, 0) is 6.54 Å². The largest absolute Gasteiger partial charge is 0.336 e. The van der Waals surface area contributed by atoms with Crippen LogP contribution in [0.1, 0.15) is 12.5 Å². The fourth-order valence-electron chi connectivity index (χ4n) is 1.63. The van der Waals surface area contributed by atoms with Crippen molar-refractivity contribution in [1.82, 2.24) is 9.97 Å². The van der Waals surface area contributed by atoms with Gasteiger partial charge in [0, 0.05) is 48.6 Å². The van der Waals surface area contributed by atoms with Crippen molar-refractivity contribution in [3.8, 4) is 0 Å². The van der Waals surface area contributed by atoms with E-state index in [1.807, 2.05) is 24.2 Å². The molecule has 2 rings (SSSR count). The first kappa shape index (κ1) is 10.7. The highest BCUT2D eigenvalue weighted by atomic mass is 32.2. The Morgan fingerprint density at radius 3 is 2.87 bits per heavy atom. The summed E-state index contributed by atoms with van der Waals surface area (Å²) >= 11 is 1.99. The number of thioether (sulfide) groups is 1. The lowest BCUT2D eigenvalue weighted by molar-refractivity contribution is 0.676. The molecule has 0 amide bonds. The summed E-state index contributed by atoms with van der Waals surface area (Å²) in [5, 5.41) is 0. The first-order valence-corrected chi connectivity index (χ1v) is 6.32. The molecule has 1 aromatic heterocycles. The van der Waals surface area contributed by atoms with Crippen LogP contribution in [0.5, 0.6) is 0 Å². The van der Waals surface area contributed by atoms with Crippen LogP contribution in [0.4, 0.5) is 5.95 Å². The standard InChI is InChI=1S/C10H16N4S/c1-8-7-15-3-2-14(8)10-12-5-9(4-11)6-13-10/h5-6,8H,2-4,7,11H2,1H3. The van der Waals surface area contributed by atoms with Crippen molar-refractivity contribution >= 4 is 17.7 Å². The molecule has 82 valence electrons. The van der Waals surface area contributed by atoms with Gasteiger partial charge in [-0.15, -0.1) is 0 Å². The third kappa shape index (κ3) is 2.41. The van der Waals surface area contributed by atoms with E-state index in [-0.39, 0.29) is 0 Å². The van der Waals surface area contributed by atoms with Gasteiger partial charge in [0.15, 0.2) is 0 Å². The number of nitrogens with two attached hydrogens (primary N) is 1. The van der Waals surface area contributed by atoms with Gasteiger partial charge >= 0.3 is 0 Å². The molecule has 0 aliphatic carbocycles. The first-order chi connectivity index (χ1) is 7.31. The molecular formula is C10H16N4S. The van der Waals surface area contributed by atoms with Crippen molar-refractivity contribution in [3.63, 3.8) is 0 Å². The zero-order chi connectivity index (χ0) is 10.7. The normalized spacial score (nSPS) is 21.7. The molecular weight excluding hydrogens is 208 g/mol. The topological polar surface area (TPSA) is 55.0 Å². The maximum absolute atomic E-state index is 5.51.